The zero-order valence-corrected chi connectivity index (χ0v) is 19.2. The van der Waals surface area contributed by atoms with Gasteiger partial charge in [-0.1, -0.05) is 49.6 Å². The molecule has 1 aliphatic rings. The Hall–Kier alpha value is -3.28. The minimum atomic E-state index is -0.642. The Kier molecular flexibility index (Phi) is 7.66. The summed E-state index contributed by atoms with van der Waals surface area (Å²) in [6.07, 6.45) is 8.87. The molecule has 0 spiro atoms. The maximum Gasteiger partial charge on any atom is 0.243 e. The Morgan fingerprint density at radius 1 is 1.06 bits per heavy atom. The van der Waals surface area contributed by atoms with Crippen LogP contribution in [0.4, 0.5) is 0 Å². The number of rotatable bonds is 9. The Labute approximate surface area is 195 Å². The van der Waals surface area contributed by atoms with Crippen molar-refractivity contribution in [3.8, 4) is 5.75 Å². The third kappa shape index (κ3) is 6.15. The molecule has 3 N–H and O–H groups in total. The van der Waals surface area contributed by atoms with Gasteiger partial charge in [-0.2, -0.15) is 0 Å². The zero-order valence-electron chi connectivity index (χ0n) is 19.2. The zero-order chi connectivity index (χ0) is 23.0. The van der Waals surface area contributed by atoms with Crippen LogP contribution in [-0.4, -0.2) is 36.0 Å². The van der Waals surface area contributed by atoms with E-state index in [-0.39, 0.29) is 11.8 Å². The van der Waals surface area contributed by atoms with Crippen LogP contribution in [0.15, 0.2) is 54.7 Å². The summed E-state index contributed by atoms with van der Waals surface area (Å²) in [5.74, 6) is 1.03. The van der Waals surface area contributed by atoms with Gasteiger partial charge in [-0.3, -0.25) is 9.59 Å². The number of hydrogen-bond acceptors (Lipinski definition) is 3. The minimum Gasteiger partial charge on any atom is -0.492 e. The van der Waals surface area contributed by atoms with E-state index < -0.39 is 6.04 Å². The maximum atomic E-state index is 12.8. The second-order valence-corrected chi connectivity index (χ2v) is 8.86. The molecule has 2 aromatic carbocycles. The van der Waals surface area contributed by atoms with Crippen LogP contribution in [0.3, 0.4) is 0 Å². The summed E-state index contributed by atoms with van der Waals surface area (Å²) < 4.78 is 5.82. The van der Waals surface area contributed by atoms with E-state index in [2.05, 4.69) is 27.8 Å². The summed E-state index contributed by atoms with van der Waals surface area (Å²) in [5.41, 5.74) is 3.40. The number of benzene rings is 2. The van der Waals surface area contributed by atoms with Gasteiger partial charge in [0, 0.05) is 30.4 Å². The van der Waals surface area contributed by atoms with Crippen LogP contribution < -0.4 is 15.4 Å². The quantitative estimate of drug-likeness (QED) is 0.424. The highest BCUT2D eigenvalue weighted by molar-refractivity contribution is 5.89. The lowest BCUT2D eigenvalue weighted by Gasteiger charge is -2.22. The second-order valence-electron chi connectivity index (χ2n) is 8.86. The summed E-state index contributed by atoms with van der Waals surface area (Å²) in [5, 5.41) is 6.72. The number of carbonyl (C=O) groups is 2. The fourth-order valence-corrected chi connectivity index (χ4v) is 4.71. The first kappa shape index (κ1) is 22.9. The van der Waals surface area contributed by atoms with E-state index in [9.17, 15) is 9.59 Å². The number of H-pyrrole nitrogens is 1. The fourth-order valence-electron chi connectivity index (χ4n) is 4.71. The average molecular weight is 448 g/mol. The van der Waals surface area contributed by atoms with Crippen LogP contribution >= 0.6 is 0 Å². The third-order valence-corrected chi connectivity index (χ3v) is 6.42. The van der Waals surface area contributed by atoms with Crippen molar-refractivity contribution in [2.45, 2.75) is 57.4 Å². The van der Waals surface area contributed by atoms with Crippen molar-refractivity contribution >= 4 is 22.7 Å². The predicted octanol–water partition coefficient (Wildman–Crippen LogP) is 4.46. The number of fused-ring (bicyclic) bond motifs is 1. The minimum absolute atomic E-state index is 0.216. The van der Waals surface area contributed by atoms with Gasteiger partial charge in [-0.15, -0.1) is 0 Å². The predicted molar refractivity (Wildman–Crippen MR) is 130 cm³/mol. The molecule has 0 aliphatic heterocycles. The Balaban J connectivity index is 1.27. The largest absolute Gasteiger partial charge is 0.492 e. The molecule has 1 fully saturated rings. The van der Waals surface area contributed by atoms with Crippen LogP contribution in [0.1, 0.15) is 56.1 Å². The molecule has 1 aliphatic carbocycles. The van der Waals surface area contributed by atoms with E-state index in [1.54, 1.807) is 0 Å². The highest BCUT2D eigenvalue weighted by Crippen LogP contribution is 2.33. The first-order chi connectivity index (χ1) is 16.1. The number of ether oxygens (including phenoxy) is 1. The van der Waals surface area contributed by atoms with E-state index >= 15 is 0 Å². The van der Waals surface area contributed by atoms with E-state index in [0.717, 1.165) is 22.2 Å². The van der Waals surface area contributed by atoms with Crippen molar-refractivity contribution in [2.24, 2.45) is 0 Å². The van der Waals surface area contributed by atoms with Crippen molar-refractivity contribution in [3.05, 3.63) is 65.9 Å². The van der Waals surface area contributed by atoms with E-state index in [1.165, 1.54) is 44.6 Å². The van der Waals surface area contributed by atoms with Gasteiger partial charge in [0.05, 0.1) is 6.54 Å². The van der Waals surface area contributed by atoms with Gasteiger partial charge in [-0.05, 0) is 48.1 Å². The molecule has 33 heavy (non-hydrogen) atoms. The molecule has 3 aromatic rings. The third-order valence-electron chi connectivity index (χ3n) is 6.42. The summed E-state index contributed by atoms with van der Waals surface area (Å²) in [7, 11) is 0. The van der Waals surface area contributed by atoms with Gasteiger partial charge in [0.1, 0.15) is 18.4 Å². The first-order valence-corrected chi connectivity index (χ1v) is 11.9. The van der Waals surface area contributed by atoms with Gasteiger partial charge in [0.2, 0.25) is 11.8 Å². The highest BCUT2D eigenvalue weighted by Gasteiger charge is 2.21. The Morgan fingerprint density at radius 3 is 2.58 bits per heavy atom. The number of hydrogen-bond donors (Lipinski definition) is 3. The molecule has 4 rings (SSSR count). The lowest BCUT2D eigenvalue weighted by Crippen LogP contribution is -2.48. The van der Waals surface area contributed by atoms with Crippen LogP contribution in [0, 0.1) is 0 Å². The number of carbonyl (C=O) groups excluding carboxylic acids is 2. The van der Waals surface area contributed by atoms with Crippen molar-refractivity contribution in [1.82, 2.24) is 15.6 Å². The van der Waals surface area contributed by atoms with Gasteiger partial charge in [0.15, 0.2) is 0 Å². The number of aromatic amines is 1. The van der Waals surface area contributed by atoms with Crippen molar-refractivity contribution in [2.75, 3.05) is 13.2 Å². The van der Waals surface area contributed by atoms with Crippen molar-refractivity contribution in [1.29, 1.82) is 0 Å². The SMILES string of the molecule is CC(=O)NC(Cc1c[nH]c2ccccc12)C(=O)NCCOc1ccc(C2CCCCC2)cc1. The van der Waals surface area contributed by atoms with Gasteiger partial charge < -0.3 is 20.4 Å². The molecule has 6 heteroatoms. The summed E-state index contributed by atoms with van der Waals surface area (Å²) in [6, 6.07) is 15.7. The molecule has 0 radical (unpaired) electrons. The first-order valence-electron chi connectivity index (χ1n) is 11.9. The van der Waals surface area contributed by atoms with Gasteiger partial charge in [-0.25, -0.2) is 0 Å². The van der Waals surface area contributed by atoms with Crippen molar-refractivity contribution < 1.29 is 14.3 Å². The Morgan fingerprint density at radius 2 is 1.82 bits per heavy atom. The van der Waals surface area contributed by atoms with E-state index in [4.69, 9.17) is 4.74 Å². The molecule has 1 atom stereocenters. The average Bonchev–Trinajstić information content (AvgIpc) is 3.25. The number of para-hydroxylation sites is 1. The lowest BCUT2D eigenvalue weighted by molar-refractivity contribution is -0.128. The molecule has 1 saturated carbocycles. The van der Waals surface area contributed by atoms with Crippen LogP contribution in [0.2, 0.25) is 0 Å². The fraction of sp³-hybridized carbons (Fsp3) is 0.407. The monoisotopic (exact) mass is 447 g/mol. The molecule has 2 amide bonds. The van der Waals surface area contributed by atoms with E-state index in [0.29, 0.717) is 25.5 Å². The standard InChI is InChI=1S/C27H33N3O3/c1-19(31)30-26(17-22-18-29-25-10-6-5-9-24(22)25)27(32)28-15-16-33-23-13-11-21(12-14-23)20-7-3-2-4-8-20/h5-6,9-14,18,20,26,29H,2-4,7-8,15-17H2,1H3,(H,28,32)(H,30,31). The molecular formula is C27H33N3O3. The molecule has 174 valence electrons. The molecule has 1 unspecified atom stereocenters. The number of nitrogens with one attached hydrogen (secondary N) is 3. The van der Waals surface area contributed by atoms with E-state index in [1.807, 2.05) is 42.6 Å². The van der Waals surface area contributed by atoms with Crippen LogP contribution in [-0.2, 0) is 16.0 Å². The molecule has 0 bridgehead atoms. The van der Waals surface area contributed by atoms with Gasteiger partial charge >= 0.3 is 0 Å². The Bertz CT molecular complexity index is 1070. The topological polar surface area (TPSA) is 83.2 Å². The summed E-state index contributed by atoms with van der Waals surface area (Å²) in [4.78, 5) is 27.7. The smallest absolute Gasteiger partial charge is 0.243 e. The maximum absolute atomic E-state index is 12.8. The molecular weight excluding hydrogens is 414 g/mol. The van der Waals surface area contributed by atoms with Gasteiger partial charge in [0.25, 0.3) is 0 Å². The highest BCUT2D eigenvalue weighted by atomic mass is 16.5. The normalized spacial score (nSPS) is 15.2. The van der Waals surface area contributed by atoms with Crippen molar-refractivity contribution in [3.63, 3.8) is 0 Å². The molecule has 1 heterocycles. The lowest BCUT2D eigenvalue weighted by atomic mass is 9.84. The molecule has 1 aromatic heterocycles. The summed E-state index contributed by atoms with van der Waals surface area (Å²) in [6.45, 7) is 2.16. The number of aromatic nitrogens is 1. The second kappa shape index (κ2) is 11.0. The molecule has 6 nitrogen and oxygen atoms in total. The molecule has 0 saturated heterocycles. The van der Waals surface area contributed by atoms with Crippen LogP contribution in [0.25, 0.3) is 10.9 Å². The summed E-state index contributed by atoms with van der Waals surface area (Å²) >= 11 is 0. The number of amides is 2. The van der Waals surface area contributed by atoms with Crippen LogP contribution in [0.5, 0.6) is 5.75 Å².